The fourth-order valence-electron chi connectivity index (χ4n) is 5.31. The van der Waals surface area contributed by atoms with Gasteiger partial charge in [-0.05, 0) is 6.42 Å². The minimum absolute atomic E-state index is 0.0626. The number of hydrogen-bond donors (Lipinski definition) is 1. The van der Waals surface area contributed by atoms with Gasteiger partial charge in [0.05, 0.1) is 0 Å². The molecule has 0 radical (unpaired) electrons. The summed E-state index contributed by atoms with van der Waals surface area (Å²) in [5, 5.41) is 9.85. The molecule has 0 atom stereocenters. The maximum absolute atomic E-state index is 9.85. The third kappa shape index (κ3) is 4.96. The van der Waals surface area contributed by atoms with Crippen LogP contribution >= 0.6 is 0 Å². The Morgan fingerprint density at radius 3 is 0.684 bits per heavy atom. The Bertz CT molecular complexity index is 781. The zero-order valence-corrected chi connectivity index (χ0v) is 31.4. The van der Waals surface area contributed by atoms with Crippen LogP contribution in [0.5, 0.6) is 0 Å². The zero-order valence-electron chi connectivity index (χ0n) is 23.4. The van der Waals surface area contributed by atoms with E-state index in [-0.39, 0.29) is 6.61 Å². The first-order valence-corrected chi connectivity index (χ1v) is 29.4. The van der Waals surface area contributed by atoms with Crippen molar-refractivity contribution in [3.05, 3.63) is 0 Å². The van der Waals surface area contributed by atoms with Gasteiger partial charge in [-0.15, -0.1) is 0 Å². The highest BCUT2D eigenvalue weighted by Gasteiger charge is 2.81. The minimum Gasteiger partial charge on any atom is -0.396 e. The highest BCUT2D eigenvalue weighted by molar-refractivity contribution is 7.03. The average Bonchev–Trinajstić information content (AvgIpc) is 2.86. The third-order valence-electron chi connectivity index (χ3n) is 7.40. The van der Waals surface area contributed by atoms with Crippen molar-refractivity contribution in [1.82, 2.24) is 0 Å². The van der Waals surface area contributed by atoms with Crippen LogP contribution < -0.4 is 0 Å². The summed E-state index contributed by atoms with van der Waals surface area (Å²) in [7, 11) is -29.0. The molecule has 6 aliphatic heterocycles. The molecular formula is C17H42O13Si8. The maximum atomic E-state index is 9.85. The van der Waals surface area contributed by atoms with E-state index in [1.165, 1.54) is 0 Å². The van der Waals surface area contributed by atoms with Gasteiger partial charge in [-0.2, -0.15) is 0 Å². The second-order valence-electron chi connectivity index (χ2n) is 9.99. The molecule has 0 aliphatic carbocycles. The quantitative estimate of drug-likeness (QED) is 0.340. The molecule has 6 fully saturated rings. The molecule has 1 N–H and O–H groups in total. The van der Waals surface area contributed by atoms with Crippen LogP contribution in [0.25, 0.3) is 0 Å². The van der Waals surface area contributed by atoms with E-state index >= 15 is 0 Å². The van der Waals surface area contributed by atoms with Crippen molar-refractivity contribution < 1.29 is 54.5 Å². The van der Waals surface area contributed by atoms with Crippen LogP contribution in [0.4, 0.5) is 0 Å². The van der Waals surface area contributed by atoms with Gasteiger partial charge in [-0.25, -0.2) is 0 Å². The summed E-state index contributed by atoms with van der Waals surface area (Å²) >= 11 is 0. The largest absolute Gasteiger partial charge is 0.478 e. The molecule has 0 aromatic rings. The molecular weight excluding hydrogens is 637 g/mol. The van der Waals surface area contributed by atoms with Crippen LogP contribution in [0.2, 0.25) is 48.4 Å². The van der Waals surface area contributed by atoms with Crippen molar-refractivity contribution in [3.8, 4) is 0 Å². The molecule has 0 unspecified atom stereocenters. The van der Waals surface area contributed by atoms with Crippen molar-refractivity contribution in [1.29, 1.82) is 0 Å². The fraction of sp³-hybridized carbons (Fsp3) is 1.00. The average molecular weight is 679 g/mol. The molecule has 38 heavy (non-hydrogen) atoms. The van der Waals surface area contributed by atoms with Gasteiger partial charge in [0, 0.05) is 55.0 Å². The van der Waals surface area contributed by atoms with Crippen LogP contribution in [0.15, 0.2) is 0 Å². The van der Waals surface area contributed by atoms with Gasteiger partial charge in [-0.1, -0.05) is 48.5 Å². The molecule has 0 saturated carbocycles. The molecule has 6 aliphatic rings. The summed E-state index contributed by atoms with van der Waals surface area (Å²) in [4.78, 5) is 0. The second-order valence-corrected chi connectivity index (χ2v) is 36.2. The lowest BCUT2D eigenvalue weighted by Crippen LogP contribution is -2.88. The van der Waals surface area contributed by atoms with Crippen molar-refractivity contribution in [3.63, 3.8) is 0 Å². The summed E-state index contributed by atoms with van der Waals surface area (Å²) < 4.78 is 84.3. The van der Waals surface area contributed by atoms with Gasteiger partial charge in [0.1, 0.15) is 0 Å². The van der Waals surface area contributed by atoms with E-state index in [2.05, 4.69) is 0 Å². The van der Waals surface area contributed by atoms with Gasteiger partial charge < -0.3 is 54.5 Å². The smallest absolute Gasteiger partial charge is 0.396 e. The Labute approximate surface area is 234 Å². The predicted molar refractivity (Wildman–Crippen MR) is 149 cm³/mol. The van der Waals surface area contributed by atoms with Crippen molar-refractivity contribution in [2.75, 3.05) is 6.61 Å². The molecule has 0 spiro atoms. The Balaban J connectivity index is 1.85. The van der Waals surface area contributed by atoms with Crippen LogP contribution in [-0.2, 0) is 49.4 Å². The molecule has 13 nitrogen and oxygen atoms in total. The first-order valence-electron chi connectivity index (χ1n) is 14.0. The van der Waals surface area contributed by atoms with Crippen LogP contribution in [0.3, 0.4) is 0 Å². The van der Waals surface area contributed by atoms with Gasteiger partial charge in [0.2, 0.25) is 0 Å². The fourth-order valence-corrected chi connectivity index (χ4v) is 55.0. The number of hydrogen-bond acceptors (Lipinski definition) is 13. The van der Waals surface area contributed by atoms with Gasteiger partial charge >= 0.3 is 70.4 Å². The molecule has 6 heterocycles. The van der Waals surface area contributed by atoms with E-state index in [1.807, 2.05) is 48.5 Å². The summed E-state index contributed by atoms with van der Waals surface area (Å²) in [6, 6.07) is 3.28. The van der Waals surface area contributed by atoms with E-state index in [4.69, 9.17) is 49.4 Å². The molecule has 6 saturated heterocycles. The highest BCUT2D eigenvalue weighted by Crippen LogP contribution is 2.53. The van der Waals surface area contributed by atoms with Crippen LogP contribution in [-0.4, -0.2) is 82.1 Å². The minimum atomic E-state index is -3.73. The summed E-state index contributed by atoms with van der Waals surface area (Å²) in [6.07, 6.45) is 0.390. The lowest BCUT2D eigenvalue weighted by molar-refractivity contribution is -0.0291. The predicted octanol–water partition coefficient (Wildman–Crippen LogP) is 3.29. The van der Waals surface area contributed by atoms with Crippen molar-refractivity contribution in [2.45, 2.75) is 103 Å². The number of rotatable bonds is 10. The number of aliphatic hydroxyl groups is 1. The van der Waals surface area contributed by atoms with Crippen LogP contribution in [0, 0.1) is 0 Å². The van der Waals surface area contributed by atoms with E-state index in [9.17, 15) is 5.11 Å². The molecule has 220 valence electrons. The second kappa shape index (κ2) is 10.4. The first kappa shape index (κ1) is 30.7. The summed E-state index contributed by atoms with van der Waals surface area (Å²) in [5.41, 5.74) is 0. The summed E-state index contributed by atoms with van der Waals surface area (Å²) in [5.74, 6) is 0. The van der Waals surface area contributed by atoms with Gasteiger partial charge in [0.15, 0.2) is 0 Å². The molecule has 0 aromatic heterocycles. The lowest BCUT2D eigenvalue weighted by atomic mass is 10.5. The maximum Gasteiger partial charge on any atom is 0.478 e. The Hall–Kier alpha value is 1.22. The molecule has 0 aromatic carbocycles. The van der Waals surface area contributed by atoms with E-state index in [1.54, 1.807) is 0 Å². The highest BCUT2D eigenvalue weighted by atomic mass is 28.6. The normalized spacial score (nSPS) is 51.8. The Morgan fingerprint density at radius 1 is 0.342 bits per heavy atom. The first-order chi connectivity index (χ1) is 18.0. The molecule has 8 bridgehead atoms. The Morgan fingerprint density at radius 2 is 0.526 bits per heavy atom. The van der Waals surface area contributed by atoms with Gasteiger partial charge in [0.25, 0.3) is 0 Å². The topological polar surface area (TPSA) is 131 Å². The lowest BCUT2D eigenvalue weighted by Gasteiger charge is -2.63. The Kier molecular flexibility index (Phi) is 8.42. The number of aliphatic hydroxyl groups excluding tert-OH is 1. The van der Waals surface area contributed by atoms with Crippen molar-refractivity contribution >= 4 is 70.4 Å². The van der Waals surface area contributed by atoms with Gasteiger partial charge in [-0.3, -0.25) is 0 Å². The molecule has 6 rings (SSSR count). The summed E-state index contributed by atoms with van der Waals surface area (Å²) in [6.45, 7) is 13.7. The van der Waals surface area contributed by atoms with E-state index < -0.39 is 70.4 Å². The van der Waals surface area contributed by atoms with E-state index in [0.29, 0.717) is 54.8 Å². The molecule has 21 heteroatoms. The van der Waals surface area contributed by atoms with Crippen molar-refractivity contribution in [2.24, 2.45) is 0 Å². The van der Waals surface area contributed by atoms with Crippen LogP contribution in [0.1, 0.15) is 54.9 Å². The monoisotopic (exact) mass is 678 g/mol. The SMILES string of the molecule is CC[Si]12O[Si]3(CC)O[Si]4(CC)O[Si](CC)(O1)O[Si]1(CC)O[Si](CC)(O2)O[Si](CC)(O3)O[Si](CCCO)(O4)O1. The third-order valence-corrected chi connectivity index (χ3v) is 44.3. The standard InChI is InChI=1S/C17H42O13Si8/c1-8-31-19-32(9-2)22-35(12-5)24-33(10-3,20-31)26-37(14-7)27-34(11-4,21-31)25-36(13-6,23-32)29-38(28-35,30-37)17-15-16-18/h18H,8-17H2,1-7H3. The zero-order chi connectivity index (χ0) is 27.6. The van der Waals surface area contributed by atoms with E-state index in [0.717, 1.165) is 0 Å². The molecule has 0 amide bonds.